The molecule has 1 atom stereocenters. The number of amides is 3. The molecule has 29 heavy (non-hydrogen) atoms. The van der Waals surface area contributed by atoms with Crippen molar-refractivity contribution in [2.45, 2.75) is 19.4 Å². The molecule has 1 heterocycles. The maximum Gasteiger partial charge on any atom is 0.321 e. The van der Waals surface area contributed by atoms with Crippen molar-refractivity contribution in [2.24, 2.45) is 5.92 Å². The number of nitrogens with zero attached hydrogens (tertiary/aromatic N) is 2. The Hall–Kier alpha value is -3.62. The van der Waals surface area contributed by atoms with E-state index >= 15 is 0 Å². The van der Waals surface area contributed by atoms with Crippen molar-refractivity contribution in [2.75, 3.05) is 18.4 Å². The molecular weight excluding hydrogens is 376 g/mol. The number of phenolic OH excluding ortho intramolecular Hbond substituents is 1. The minimum absolute atomic E-state index is 0.0287. The molecule has 3 N–H and O–H groups in total. The largest absolute Gasteiger partial charge is 0.508 e. The molecule has 1 fully saturated rings. The molecule has 0 radical (unpaired) electrons. The molecule has 2 aromatic carbocycles. The molecule has 0 spiro atoms. The van der Waals surface area contributed by atoms with Crippen LogP contribution in [-0.2, 0) is 11.3 Å². The number of urea groups is 1. The second kappa shape index (κ2) is 9.05. The van der Waals surface area contributed by atoms with Crippen LogP contribution in [0.25, 0.3) is 0 Å². The quantitative estimate of drug-likeness (QED) is 0.528. The van der Waals surface area contributed by atoms with E-state index in [9.17, 15) is 24.8 Å². The van der Waals surface area contributed by atoms with Crippen LogP contribution in [0.1, 0.15) is 18.4 Å². The molecular formula is C20H22N4O5. The molecule has 3 amide bonds. The van der Waals surface area contributed by atoms with Gasteiger partial charge in [-0.25, -0.2) is 4.79 Å². The van der Waals surface area contributed by atoms with E-state index in [4.69, 9.17) is 0 Å². The average Bonchev–Trinajstić information content (AvgIpc) is 2.73. The molecule has 2 aromatic rings. The van der Waals surface area contributed by atoms with E-state index < -0.39 is 4.92 Å². The summed E-state index contributed by atoms with van der Waals surface area (Å²) in [5.41, 5.74) is 0.792. The number of nitro benzene ring substituents is 1. The number of hydrogen-bond donors (Lipinski definition) is 3. The van der Waals surface area contributed by atoms with Crippen LogP contribution in [-0.4, -0.2) is 40.0 Å². The second-order valence-corrected chi connectivity index (χ2v) is 6.87. The predicted molar refractivity (Wildman–Crippen MR) is 106 cm³/mol. The number of rotatable bonds is 5. The molecule has 0 aromatic heterocycles. The third kappa shape index (κ3) is 5.22. The van der Waals surface area contributed by atoms with Gasteiger partial charge in [-0.1, -0.05) is 18.2 Å². The van der Waals surface area contributed by atoms with Gasteiger partial charge in [-0.3, -0.25) is 14.9 Å². The molecule has 1 aliphatic rings. The number of para-hydroxylation sites is 1. The summed E-state index contributed by atoms with van der Waals surface area (Å²) < 4.78 is 0. The number of nitro groups is 1. The van der Waals surface area contributed by atoms with Crippen molar-refractivity contribution in [1.29, 1.82) is 0 Å². The first-order valence-corrected chi connectivity index (χ1v) is 9.29. The summed E-state index contributed by atoms with van der Waals surface area (Å²) in [4.78, 5) is 36.9. The second-order valence-electron chi connectivity index (χ2n) is 6.87. The lowest BCUT2D eigenvalue weighted by molar-refractivity contribution is -0.384. The fraction of sp³-hybridized carbons (Fsp3) is 0.300. The van der Waals surface area contributed by atoms with Crippen LogP contribution < -0.4 is 10.6 Å². The topological polar surface area (TPSA) is 125 Å². The number of anilines is 1. The minimum Gasteiger partial charge on any atom is -0.508 e. The highest BCUT2D eigenvalue weighted by Crippen LogP contribution is 2.23. The van der Waals surface area contributed by atoms with Gasteiger partial charge in [0.2, 0.25) is 5.91 Å². The lowest BCUT2D eigenvalue weighted by Crippen LogP contribution is -2.46. The van der Waals surface area contributed by atoms with E-state index in [0.717, 1.165) is 0 Å². The highest BCUT2D eigenvalue weighted by atomic mass is 16.6. The van der Waals surface area contributed by atoms with Crippen LogP contribution in [0.15, 0.2) is 48.5 Å². The third-order valence-corrected chi connectivity index (χ3v) is 4.83. The van der Waals surface area contributed by atoms with Gasteiger partial charge in [0.25, 0.3) is 5.69 Å². The number of carbonyl (C=O) groups excluding carboxylic acids is 2. The van der Waals surface area contributed by atoms with Gasteiger partial charge in [0.15, 0.2) is 0 Å². The Morgan fingerprint density at radius 1 is 1.21 bits per heavy atom. The number of benzene rings is 2. The zero-order valence-corrected chi connectivity index (χ0v) is 15.7. The van der Waals surface area contributed by atoms with E-state index in [0.29, 0.717) is 25.1 Å². The first kappa shape index (κ1) is 20.1. The normalized spacial score (nSPS) is 16.1. The first-order chi connectivity index (χ1) is 13.9. The number of nitrogens with one attached hydrogen (secondary N) is 2. The van der Waals surface area contributed by atoms with Gasteiger partial charge in [0, 0.05) is 43.0 Å². The maximum atomic E-state index is 12.5. The van der Waals surface area contributed by atoms with Crippen molar-refractivity contribution in [3.63, 3.8) is 0 Å². The molecule has 3 rings (SSSR count). The first-order valence-electron chi connectivity index (χ1n) is 9.29. The lowest BCUT2D eigenvalue weighted by Gasteiger charge is -2.32. The zero-order chi connectivity index (χ0) is 20.8. The van der Waals surface area contributed by atoms with Crippen molar-refractivity contribution >= 4 is 23.3 Å². The Morgan fingerprint density at radius 2 is 1.97 bits per heavy atom. The van der Waals surface area contributed by atoms with E-state index in [1.165, 1.54) is 18.2 Å². The summed E-state index contributed by atoms with van der Waals surface area (Å²) >= 11 is 0. The summed E-state index contributed by atoms with van der Waals surface area (Å²) in [6.07, 6.45) is 1.34. The monoisotopic (exact) mass is 398 g/mol. The van der Waals surface area contributed by atoms with Gasteiger partial charge >= 0.3 is 6.03 Å². The number of non-ortho nitro benzene ring substituents is 1. The Kier molecular flexibility index (Phi) is 6.28. The molecule has 0 unspecified atom stereocenters. The van der Waals surface area contributed by atoms with Crippen molar-refractivity contribution in [1.82, 2.24) is 10.2 Å². The minimum atomic E-state index is -0.560. The average molecular weight is 398 g/mol. The van der Waals surface area contributed by atoms with Crippen molar-refractivity contribution in [3.05, 3.63) is 64.2 Å². The van der Waals surface area contributed by atoms with E-state index in [2.05, 4.69) is 10.6 Å². The van der Waals surface area contributed by atoms with Crippen LogP contribution in [0, 0.1) is 16.0 Å². The van der Waals surface area contributed by atoms with Gasteiger partial charge in [0.05, 0.1) is 10.8 Å². The van der Waals surface area contributed by atoms with Crippen LogP contribution in [0.3, 0.4) is 0 Å². The lowest BCUT2D eigenvalue weighted by atomic mass is 9.97. The Morgan fingerprint density at radius 3 is 2.69 bits per heavy atom. The number of phenols is 1. The van der Waals surface area contributed by atoms with Gasteiger partial charge < -0.3 is 20.6 Å². The van der Waals surface area contributed by atoms with Crippen LogP contribution in [0.4, 0.5) is 16.2 Å². The van der Waals surface area contributed by atoms with E-state index in [-0.39, 0.29) is 47.9 Å². The van der Waals surface area contributed by atoms with Crippen molar-refractivity contribution < 1.29 is 19.6 Å². The maximum absolute atomic E-state index is 12.5. The fourth-order valence-electron chi connectivity index (χ4n) is 3.25. The number of likely N-dealkylation sites (tertiary alicyclic amines) is 1. The smallest absolute Gasteiger partial charge is 0.321 e. The number of carbonyl (C=O) groups is 2. The van der Waals surface area contributed by atoms with Gasteiger partial charge in [-0.15, -0.1) is 0 Å². The summed E-state index contributed by atoms with van der Waals surface area (Å²) in [5, 5.41) is 26.3. The van der Waals surface area contributed by atoms with Gasteiger partial charge in [0.1, 0.15) is 5.75 Å². The van der Waals surface area contributed by atoms with E-state index in [1.807, 2.05) is 18.2 Å². The standard InChI is InChI=1S/C20H22N4O5/c25-18-9-8-17(24(28)29)11-15(18)12-21-19(26)14-5-4-10-23(13-14)20(27)22-16-6-2-1-3-7-16/h1-3,6-9,11,14,25H,4-5,10,12-13H2,(H,21,26)(H,22,27)/t14-/m1/s1. The summed E-state index contributed by atoms with van der Waals surface area (Å²) in [6.45, 7) is 0.818. The number of aromatic hydroxyl groups is 1. The SMILES string of the molecule is O=C(NCc1cc([N+](=O)[O-])ccc1O)[C@@H]1CCCN(C(=O)Nc2ccccc2)C1. The Balaban J connectivity index is 1.56. The third-order valence-electron chi connectivity index (χ3n) is 4.83. The molecule has 9 heteroatoms. The van der Waals surface area contributed by atoms with Crippen LogP contribution in [0.2, 0.25) is 0 Å². The molecule has 0 aliphatic carbocycles. The molecule has 0 saturated carbocycles. The molecule has 1 aliphatic heterocycles. The zero-order valence-electron chi connectivity index (χ0n) is 15.7. The number of piperidine rings is 1. The Labute approximate surface area is 167 Å². The van der Waals surface area contributed by atoms with E-state index in [1.54, 1.807) is 17.0 Å². The van der Waals surface area contributed by atoms with Gasteiger partial charge in [-0.2, -0.15) is 0 Å². The fourth-order valence-corrected chi connectivity index (χ4v) is 3.25. The summed E-state index contributed by atoms with van der Waals surface area (Å²) in [7, 11) is 0. The summed E-state index contributed by atoms with van der Waals surface area (Å²) in [6, 6.07) is 12.5. The molecule has 1 saturated heterocycles. The predicted octanol–water partition coefficient (Wildman–Crippen LogP) is 2.86. The number of hydrogen-bond acceptors (Lipinski definition) is 5. The van der Waals surface area contributed by atoms with Crippen LogP contribution >= 0.6 is 0 Å². The Bertz CT molecular complexity index is 903. The van der Waals surface area contributed by atoms with Gasteiger partial charge in [-0.05, 0) is 31.0 Å². The highest BCUT2D eigenvalue weighted by Gasteiger charge is 2.28. The molecule has 152 valence electrons. The molecule has 9 nitrogen and oxygen atoms in total. The van der Waals surface area contributed by atoms with Crippen LogP contribution in [0.5, 0.6) is 5.75 Å². The highest BCUT2D eigenvalue weighted by molar-refractivity contribution is 5.90. The van der Waals surface area contributed by atoms with Crippen molar-refractivity contribution in [3.8, 4) is 5.75 Å². The summed E-state index contributed by atoms with van der Waals surface area (Å²) in [5.74, 6) is -0.761. The molecule has 0 bridgehead atoms.